The molecule has 2 N–H and O–H groups in total. The number of hydrogen-bond acceptors (Lipinski definition) is 3. The molecule has 0 saturated heterocycles. The summed E-state index contributed by atoms with van der Waals surface area (Å²) in [7, 11) is 0. The van der Waals surface area contributed by atoms with E-state index >= 15 is 0 Å². The van der Waals surface area contributed by atoms with Gasteiger partial charge in [-0.15, -0.1) is 0 Å². The van der Waals surface area contributed by atoms with Crippen LogP contribution in [-0.2, 0) is 4.79 Å². The zero-order valence-corrected chi connectivity index (χ0v) is 11.7. The number of H-pyrrole nitrogens is 1. The van der Waals surface area contributed by atoms with Gasteiger partial charge >= 0.3 is 0 Å². The van der Waals surface area contributed by atoms with Crippen LogP contribution < -0.4 is 10.1 Å². The van der Waals surface area contributed by atoms with Gasteiger partial charge in [0.25, 0.3) is 5.91 Å². The highest BCUT2D eigenvalue weighted by Gasteiger charge is 2.06. The summed E-state index contributed by atoms with van der Waals surface area (Å²) < 4.78 is 5.38. The van der Waals surface area contributed by atoms with E-state index < -0.39 is 0 Å². The van der Waals surface area contributed by atoms with E-state index in [-0.39, 0.29) is 12.5 Å². The first-order valence-electron chi connectivity index (χ1n) is 6.34. The molecule has 0 aliphatic heterocycles. The van der Waals surface area contributed by atoms with Gasteiger partial charge in [0.2, 0.25) is 5.28 Å². The van der Waals surface area contributed by atoms with Crippen LogP contribution >= 0.6 is 11.6 Å². The molecule has 1 aromatic heterocycles. The Hall–Kier alpha value is -2.53. The average Bonchev–Trinajstić information content (AvgIpc) is 2.85. The predicted octanol–water partition coefficient (Wildman–Crippen LogP) is 3.23. The van der Waals surface area contributed by atoms with Gasteiger partial charge in [-0.25, -0.2) is 4.98 Å². The van der Waals surface area contributed by atoms with E-state index in [1.165, 1.54) is 0 Å². The van der Waals surface area contributed by atoms with Crippen LogP contribution in [0.3, 0.4) is 0 Å². The number of ether oxygens (including phenoxy) is 1. The van der Waals surface area contributed by atoms with Crippen LogP contribution in [0.25, 0.3) is 11.0 Å². The number of rotatable bonds is 4. The predicted molar refractivity (Wildman–Crippen MR) is 81.7 cm³/mol. The van der Waals surface area contributed by atoms with Crippen LogP contribution in [0.4, 0.5) is 5.69 Å². The molecule has 0 radical (unpaired) electrons. The molecule has 0 saturated carbocycles. The van der Waals surface area contributed by atoms with Gasteiger partial charge < -0.3 is 15.0 Å². The minimum Gasteiger partial charge on any atom is -0.484 e. The molecule has 3 rings (SSSR count). The van der Waals surface area contributed by atoms with E-state index in [1.54, 1.807) is 30.3 Å². The van der Waals surface area contributed by atoms with Gasteiger partial charge in [-0.2, -0.15) is 0 Å². The molecular weight excluding hydrogens is 290 g/mol. The van der Waals surface area contributed by atoms with E-state index in [0.29, 0.717) is 16.7 Å². The molecule has 0 spiro atoms. The number of para-hydroxylation sites is 1. The minimum absolute atomic E-state index is 0.0498. The van der Waals surface area contributed by atoms with Gasteiger partial charge in [-0.05, 0) is 41.9 Å². The Morgan fingerprint density at radius 2 is 2.05 bits per heavy atom. The summed E-state index contributed by atoms with van der Waals surface area (Å²) in [6.45, 7) is -0.0498. The number of carbonyl (C=O) groups excluding carboxylic acids is 1. The Morgan fingerprint density at radius 1 is 1.24 bits per heavy atom. The lowest BCUT2D eigenvalue weighted by atomic mass is 10.3. The van der Waals surface area contributed by atoms with Crippen molar-refractivity contribution >= 4 is 34.2 Å². The first-order chi connectivity index (χ1) is 10.2. The van der Waals surface area contributed by atoms with Gasteiger partial charge in [0.1, 0.15) is 5.75 Å². The fraction of sp³-hybridized carbons (Fsp3) is 0.0667. The van der Waals surface area contributed by atoms with Crippen molar-refractivity contribution in [2.45, 2.75) is 0 Å². The van der Waals surface area contributed by atoms with Crippen molar-refractivity contribution in [2.75, 3.05) is 11.9 Å². The first kappa shape index (κ1) is 13.5. The largest absolute Gasteiger partial charge is 0.484 e. The molecule has 21 heavy (non-hydrogen) atoms. The minimum atomic E-state index is -0.233. The topological polar surface area (TPSA) is 67.0 Å². The number of nitrogens with one attached hydrogen (secondary N) is 2. The van der Waals surface area contributed by atoms with Crippen molar-refractivity contribution in [1.82, 2.24) is 9.97 Å². The molecule has 5 nitrogen and oxygen atoms in total. The maximum absolute atomic E-state index is 11.8. The molecule has 0 aliphatic rings. The Balaban J connectivity index is 1.63. The number of imidazole rings is 1. The molecule has 6 heteroatoms. The van der Waals surface area contributed by atoms with Crippen molar-refractivity contribution < 1.29 is 9.53 Å². The maximum atomic E-state index is 11.8. The molecule has 0 unspecified atom stereocenters. The Kier molecular flexibility index (Phi) is 3.75. The monoisotopic (exact) mass is 301 g/mol. The second-order valence-electron chi connectivity index (χ2n) is 4.41. The standard InChI is InChI=1S/C15H12ClN3O2/c16-15-18-12-7-6-10(8-13(12)19-15)17-14(20)9-21-11-4-2-1-3-5-11/h1-8H,9H2,(H,17,20)(H,18,19). The summed E-state index contributed by atoms with van der Waals surface area (Å²) in [6.07, 6.45) is 0. The number of hydrogen-bond donors (Lipinski definition) is 2. The van der Waals surface area contributed by atoms with Crippen molar-refractivity contribution in [2.24, 2.45) is 0 Å². The first-order valence-corrected chi connectivity index (χ1v) is 6.71. The normalized spacial score (nSPS) is 10.5. The number of anilines is 1. The molecule has 0 aliphatic carbocycles. The molecule has 106 valence electrons. The van der Waals surface area contributed by atoms with Crippen LogP contribution in [0.5, 0.6) is 5.75 Å². The number of halogens is 1. The van der Waals surface area contributed by atoms with Crippen molar-refractivity contribution in [1.29, 1.82) is 0 Å². The molecule has 1 heterocycles. The molecule has 0 fully saturated rings. The summed E-state index contributed by atoms with van der Waals surface area (Å²) in [5.41, 5.74) is 2.17. The number of aromatic amines is 1. The summed E-state index contributed by atoms with van der Waals surface area (Å²) in [5.74, 6) is 0.423. The zero-order valence-electron chi connectivity index (χ0n) is 11.0. The van der Waals surface area contributed by atoms with Crippen LogP contribution in [0.15, 0.2) is 48.5 Å². The lowest BCUT2D eigenvalue weighted by Crippen LogP contribution is -2.20. The molecule has 0 bridgehead atoms. The number of amides is 1. The fourth-order valence-corrected chi connectivity index (χ4v) is 2.11. The number of fused-ring (bicyclic) bond motifs is 1. The third-order valence-electron chi connectivity index (χ3n) is 2.85. The van der Waals surface area contributed by atoms with E-state index in [4.69, 9.17) is 16.3 Å². The lowest BCUT2D eigenvalue weighted by Gasteiger charge is -2.07. The number of benzene rings is 2. The van der Waals surface area contributed by atoms with Gasteiger partial charge in [0, 0.05) is 5.69 Å². The second-order valence-corrected chi connectivity index (χ2v) is 4.77. The van der Waals surface area contributed by atoms with Crippen molar-refractivity contribution in [3.8, 4) is 5.75 Å². The Labute approximate surface area is 125 Å². The summed E-state index contributed by atoms with van der Waals surface area (Å²) in [5, 5.41) is 3.08. The average molecular weight is 302 g/mol. The van der Waals surface area contributed by atoms with E-state index in [1.807, 2.05) is 18.2 Å². The SMILES string of the molecule is O=C(COc1ccccc1)Nc1ccc2nc(Cl)[nH]c2c1. The highest BCUT2D eigenvalue weighted by Crippen LogP contribution is 2.19. The van der Waals surface area contributed by atoms with Gasteiger partial charge in [-0.1, -0.05) is 18.2 Å². The van der Waals surface area contributed by atoms with Gasteiger partial charge in [-0.3, -0.25) is 4.79 Å². The summed E-state index contributed by atoms with van der Waals surface area (Å²) >= 11 is 5.78. The van der Waals surface area contributed by atoms with Crippen molar-refractivity contribution in [3.63, 3.8) is 0 Å². The van der Waals surface area contributed by atoms with Crippen LogP contribution in [0.2, 0.25) is 5.28 Å². The molecular formula is C15H12ClN3O2. The van der Waals surface area contributed by atoms with Crippen LogP contribution in [0.1, 0.15) is 0 Å². The van der Waals surface area contributed by atoms with Crippen LogP contribution in [0, 0.1) is 0 Å². The number of nitrogens with zero attached hydrogens (tertiary/aromatic N) is 1. The molecule has 2 aromatic carbocycles. The molecule has 1 amide bonds. The van der Waals surface area contributed by atoms with Crippen LogP contribution in [-0.4, -0.2) is 22.5 Å². The number of carbonyl (C=O) groups is 1. The molecule has 3 aromatic rings. The Bertz CT molecular complexity index is 771. The smallest absolute Gasteiger partial charge is 0.262 e. The summed E-state index contributed by atoms with van der Waals surface area (Å²) in [4.78, 5) is 18.8. The Morgan fingerprint density at radius 3 is 2.86 bits per heavy atom. The van der Waals surface area contributed by atoms with E-state index in [9.17, 15) is 4.79 Å². The fourth-order valence-electron chi connectivity index (χ4n) is 1.92. The maximum Gasteiger partial charge on any atom is 0.262 e. The van der Waals surface area contributed by atoms with Gasteiger partial charge in [0.05, 0.1) is 11.0 Å². The summed E-state index contributed by atoms with van der Waals surface area (Å²) in [6, 6.07) is 14.5. The molecule has 0 atom stereocenters. The third-order valence-corrected chi connectivity index (χ3v) is 3.03. The van der Waals surface area contributed by atoms with E-state index in [0.717, 1.165) is 11.0 Å². The second kappa shape index (κ2) is 5.85. The number of aromatic nitrogens is 2. The highest BCUT2D eigenvalue weighted by atomic mass is 35.5. The zero-order chi connectivity index (χ0) is 14.7. The van der Waals surface area contributed by atoms with Gasteiger partial charge in [0.15, 0.2) is 6.61 Å². The van der Waals surface area contributed by atoms with E-state index in [2.05, 4.69) is 15.3 Å². The highest BCUT2D eigenvalue weighted by molar-refractivity contribution is 6.29. The van der Waals surface area contributed by atoms with Crippen molar-refractivity contribution in [3.05, 3.63) is 53.8 Å². The third kappa shape index (κ3) is 3.32. The quantitative estimate of drug-likeness (QED) is 0.777. The lowest BCUT2D eigenvalue weighted by molar-refractivity contribution is -0.118.